The number of pyridine rings is 1. The molecule has 6 rings (SSSR count). The number of hydrogen-bond donors (Lipinski definition) is 1. The molecule has 0 aliphatic carbocycles. The van der Waals surface area contributed by atoms with Gasteiger partial charge in [0.2, 0.25) is 0 Å². The summed E-state index contributed by atoms with van der Waals surface area (Å²) >= 11 is 0. The van der Waals surface area contributed by atoms with E-state index in [2.05, 4.69) is 26.8 Å². The van der Waals surface area contributed by atoms with Crippen molar-refractivity contribution in [2.24, 2.45) is 0 Å². The molecule has 0 unspecified atom stereocenters. The van der Waals surface area contributed by atoms with Crippen LogP contribution in [0.1, 0.15) is 25.6 Å². The highest BCUT2D eigenvalue weighted by molar-refractivity contribution is 5.86. The lowest BCUT2D eigenvalue weighted by Crippen LogP contribution is -2.28. The largest absolute Gasteiger partial charge is 0.383 e. The van der Waals surface area contributed by atoms with E-state index in [0.29, 0.717) is 11.5 Å². The minimum absolute atomic E-state index is 0.335. The Bertz CT molecular complexity index is 1400. The first-order valence-corrected chi connectivity index (χ1v) is 10.4. The third-order valence-corrected chi connectivity index (χ3v) is 5.81. The molecule has 32 heavy (non-hydrogen) atoms. The Morgan fingerprint density at radius 3 is 2.84 bits per heavy atom. The third-order valence-electron chi connectivity index (χ3n) is 5.81. The van der Waals surface area contributed by atoms with Crippen molar-refractivity contribution in [2.45, 2.75) is 44.2 Å². The Hall–Kier alpha value is -3.51. The maximum atomic E-state index is 6.35. The molecule has 4 aromatic rings. The summed E-state index contributed by atoms with van der Waals surface area (Å²) in [5.74, 6) is 6.16. The van der Waals surface area contributed by atoms with Crippen LogP contribution in [-0.4, -0.2) is 43.6 Å². The molecule has 4 atom stereocenters. The number of aromatic nitrogens is 4. The molecule has 2 N–H and O–H groups in total. The van der Waals surface area contributed by atoms with E-state index < -0.39 is 18.1 Å². The Morgan fingerprint density at radius 2 is 1.94 bits per heavy atom. The van der Waals surface area contributed by atoms with Gasteiger partial charge in [0.1, 0.15) is 36.1 Å². The van der Waals surface area contributed by atoms with Crippen LogP contribution < -0.4 is 5.73 Å². The first-order chi connectivity index (χ1) is 15.5. The molecule has 0 bridgehead atoms. The molecule has 0 saturated carbocycles. The van der Waals surface area contributed by atoms with Gasteiger partial charge in [-0.25, -0.2) is 9.97 Å². The minimum atomic E-state index is -0.735. The van der Waals surface area contributed by atoms with Crippen LogP contribution in [0, 0.1) is 11.8 Å². The maximum Gasteiger partial charge on any atom is 0.166 e. The van der Waals surface area contributed by atoms with Crippen molar-refractivity contribution in [1.82, 2.24) is 19.5 Å². The molecule has 8 heteroatoms. The molecule has 0 radical (unpaired) electrons. The van der Waals surface area contributed by atoms with Gasteiger partial charge in [-0.15, -0.1) is 0 Å². The summed E-state index contributed by atoms with van der Waals surface area (Å²) < 4.78 is 20.6. The molecule has 8 nitrogen and oxygen atoms in total. The van der Waals surface area contributed by atoms with Gasteiger partial charge in [0.25, 0.3) is 0 Å². The SMILES string of the molecule is CC1(C)O[C@@H]2[C@H](O1)[C@@H](C#Cc1ccc3cccnc3c1)O[C@H]2n1ccc2c(N)ncnc21. The van der Waals surface area contributed by atoms with Crippen LogP contribution in [0.4, 0.5) is 5.82 Å². The summed E-state index contributed by atoms with van der Waals surface area (Å²) in [5.41, 5.74) is 8.46. The summed E-state index contributed by atoms with van der Waals surface area (Å²) in [6.07, 6.45) is 3.51. The smallest absolute Gasteiger partial charge is 0.166 e. The second-order valence-corrected chi connectivity index (χ2v) is 8.41. The van der Waals surface area contributed by atoms with Crippen LogP contribution in [0.2, 0.25) is 0 Å². The van der Waals surface area contributed by atoms with Crippen molar-refractivity contribution in [2.75, 3.05) is 5.73 Å². The normalized spacial score (nSPS) is 26.2. The number of hydrogen-bond acceptors (Lipinski definition) is 7. The number of benzene rings is 1. The van der Waals surface area contributed by atoms with E-state index in [9.17, 15) is 0 Å². The topological polar surface area (TPSA) is 97.3 Å². The van der Waals surface area contributed by atoms with Crippen LogP contribution >= 0.6 is 0 Å². The lowest BCUT2D eigenvalue weighted by Gasteiger charge is -2.23. The molecular formula is C24H21N5O3. The van der Waals surface area contributed by atoms with Gasteiger partial charge in [-0.2, -0.15) is 0 Å². The summed E-state index contributed by atoms with van der Waals surface area (Å²) in [6, 6.07) is 11.8. The lowest BCUT2D eigenvalue weighted by atomic mass is 10.1. The van der Waals surface area contributed by atoms with Crippen LogP contribution in [0.15, 0.2) is 55.1 Å². The predicted octanol–water partition coefficient (Wildman–Crippen LogP) is 3.03. The molecule has 2 aliphatic rings. The van der Waals surface area contributed by atoms with Crippen LogP contribution in [0.3, 0.4) is 0 Å². The molecule has 2 aliphatic heterocycles. The van der Waals surface area contributed by atoms with E-state index >= 15 is 0 Å². The van der Waals surface area contributed by atoms with Gasteiger partial charge in [-0.3, -0.25) is 4.98 Å². The number of anilines is 1. The molecule has 160 valence electrons. The number of nitrogens with zero attached hydrogens (tertiary/aromatic N) is 4. The summed E-state index contributed by atoms with van der Waals surface area (Å²) in [7, 11) is 0. The first-order valence-electron chi connectivity index (χ1n) is 10.4. The fourth-order valence-electron chi connectivity index (χ4n) is 4.41. The van der Waals surface area contributed by atoms with Crippen molar-refractivity contribution in [3.8, 4) is 11.8 Å². The van der Waals surface area contributed by atoms with Gasteiger partial charge in [0.05, 0.1) is 10.9 Å². The van der Waals surface area contributed by atoms with E-state index in [4.69, 9.17) is 19.9 Å². The molecule has 2 saturated heterocycles. The zero-order valence-electron chi connectivity index (χ0n) is 17.6. The Kier molecular flexibility index (Phi) is 4.20. The van der Waals surface area contributed by atoms with E-state index in [1.807, 2.05) is 61.0 Å². The third kappa shape index (κ3) is 3.10. The molecule has 2 fully saturated rings. The maximum absolute atomic E-state index is 6.35. The summed E-state index contributed by atoms with van der Waals surface area (Å²) in [5, 5.41) is 1.84. The summed E-state index contributed by atoms with van der Waals surface area (Å²) in [4.78, 5) is 12.9. The van der Waals surface area contributed by atoms with Crippen molar-refractivity contribution in [3.63, 3.8) is 0 Å². The molecule has 0 amide bonds. The van der Waals surface area contributed by atoms with E-state index in [1.165, 1.54) is 6.33 Å². The van der Waals surface area contributed by atoms with Crippen LogP contribution in [-0.2, 0) is 14.2 Å². The fraction of sp³-hybridized carbons (Fsp3) is 0.292. The van der Waals surface area contributed by atoms with Gasteiger partial charge >= 0.3 is 0 Å². The van der Waals surface area contributed by atoms with Gasteiger partial charge in [0, 0.05) is 23.3 Å². The number of fused-ring (bicyclic) bond motifs is 3. The van der Waals surface area contributed by atoms with Crippen molar-refractivity contribution >= 4 is 27.8 Å². The van der Waals surface area contributed by atoms with Gasteiger partial charge < -0.3 is 24.5 Å². The average Bonchev–Trinajstić information content (AvgIpc) is 3.44. The van der Waals surface area contributed by atoms with Crippen molar-refractivity contribution in [3.05, 3.63) is 60.7 Å². The number of nitrogen functional groups attached to an aromatic ring is 1. The number of rotatable bonds is 1. The fourth-order valence-corrected chi connectivity index (χ4v) is 4.41. The summed E-state index contributed by atoms with van der Waals surface area (Å²) in [6.45, 7) is 3.80. The minimum Gasteiger partial charge on any atom is -0.383 e. The zero-order valence-corrected chi connectivity index (χ0v) is 17.6. The van der Waals surface area contributed by atoms with Gasteiger partial charge in [-0.1, -0.05) is 24.0 Å². The quantitative estimate of drug-likeness (QED) is 0.466. The van der Waals surface area contributed by atoms with Crippen molar-refractivity contribution < 1.29 is 14.2 Å². The second kappa shape index (κ2) is 7.00. The van der Waals surface area contributed by atoms with Crippen molar-refractivity contribution in [1.29, 1.82) is 0 Å². The Labute approximate surface area is 184 Å². The first kappa shape index (κ1) is 19.2. The highest BCUT2D eigenvalue weighted by atomic mass is 16.8. The Morgan fingerprint density at radius 1 is 1.06 bits per heavy atom. The zero-order chi connectivity index (χ0) is 21.9. The standard InChI is InChI=1S/C24H21N5O3/c1-24(2)31-19-18(8-6-14-5-7-15-4-3-10-26-17(15)12-14)30-23(20(19)32-24)29-11-9-16-21(25)27-13-28-22(16)29/h3-5,7,9-13,18-20,23H,1-2H3,(H2,25,27,28)/t18-,19-,20-,23-/m1/s1. The van der Waals surface area contributed by atoms with E-state index in [0.717, 1.165) is 21.9 Å². The Balaban J connectivity index is 1.36. The average molecular weight is 427 g/mol. The van der Waals surface area contributed by atoms with Gasteiger partial charge in [-0.05, 0) is 38.1 Å². The van der Waals surface area contributed by atoms with Crippen LogP contribution in [0.5, 0.6) is 0 Å². The lowest BCUT2D eigenvalue weighted by molar-refractivity contribution is -0.190. The molecular weight excluding hydrogens is 406 g/mol. The highest BCUT2D eigenvalue weighted by Crippen LogP contribution is 2.43. The second-order valence-electron chi connectivity index (χ2n) is 8.41. The number of nitrogens with two attached hydrogens (primary N) is 1. The van der Waals surface area contributed by atoms with E-state index in [-0.39, 0.29) is 12.2 Å². The monoisotopic (exact) mass is 427 g/mol. The van der Waals surface area contributed by atoms with Crippen LogP contribution in [0.25, 0.3) is 21.9 Å². The molecule has 1 aromatic carbocycles. The molecule has 0 spiro atoms. The predicted molar refractivity (Wildman–Crippen MR) is 118 cm³/mol. The van der Waals surface area contributed by atoms with E-state index in [1.54, 1.807) is 6.20 Å². The molecule has 5 heterocycles. The molecule has 3 aromatic heterocycles. The number of ether oxygens (including phenoxy) is 3. The van der Waals surface area contributed by atoms with Gasteiger partial charge in [0.15, 0.2) is 12.0 Å². The highest BCUT2D eigenvalue weighted by Gasteiger charge is 2.55.